The van der Waals surface area contributed by atoms with Crippen molar-refractivity contribution in [2.24, 2.45) is 0 Å². The van der Waals surface area contributed by atoms with Crippen molar-refractivity contribution in [3.8, 4) is 0 Å². The van der Waals surface area contributed by atoms with Gasteiger partial charge in [-0.3, -0.25) is 4.55 Å². The first-order chi connectivity index (χ1) is 7.28. The Hall–Kier alpha value is -0.290. The number of hydrogen-bond acceptors (Lipinski definition) is 7. The highest BCUT2D eigenvalue weighted by Gasteiger charge is 2.28. The van der Waals surface area contributed by atoms with E-state index in [1.807, 2.05) is 0 Å². The van der Waals surface area contributed by atoms with Crippen LogP contribution in [0.3, 0.4) is 0 Å². The summed E-state index contributed by atoms with van der Waals surface area (Å²) in [6.07, 6.45) is -1.40. The summed E-state index contributed by atoms with van der Waals surface area (Å²) in [6.45, 7) is -2.06. The number of aliphatic hydroxyl groups excluding tert-OH is 4. The summed E-state index contributed by atoms with van der Waals surface area (Å²) in [6, 6.07) is 0. The second kappa shape index (κ2) is 6.45. The fourth-order valence-corrected chi connectivity index (χ4v) is 1.56. The van der Waals surface area contributed by atoms with Gasteiger partial charge in [0.25, 0.3) is 10.1 Å². The third-order valence-corrected chi connectivity index (χ3v) is 2.83. The van der Waals surface area contributed by atoms with E-state index in [1.54, 1.807) is 0 Å². The molecule has 0 aromatic heterocycles. The average molecular weight is 259 g/mol. The molecule has 0 bridgehead atoms. The normalized spacial score (nSPS) is 15.1. The summed E-state index contributed by atoms with van der Waals surface area (Å²) >= 11 is 0. The van der Waals surface area contributed by atoms with Gasteiger partial charge >= 0.3 is 0 Å². The maximum absolute atomic E-state index is 10.4. The van der Waals surface area contributed by atoms with E-state index >= 15 is 0 Å². The molecule has 0 saturated carbocycles. The van der Waals surface area contributed by atoms with Crippen LogP contribution in [-0.2, 0) is 10.1 Å². The first kappa shape index (κ1) is 15.7. The van der Waals surface area contributed by atoms with Crippen LogP contribution in [0.1, 0.15) is 0 Å². The van der Waals surface area contributed by atoms with E-state index in [2.05, 4.69) is 5.32 Å². The Bertz CT molecular complexity index is 279. The minimum Gasteiger partial charge on any atom is -0.394 e. The summed E-state index contributed by atoms with van der Waals surface area (Å²) in [7, 11) is -4.29. The molecular formula is C7H17NO7S. The van der Waals surface area contributed by atoms with Crippen LogP contribution in [0.4, 0.5) is 0 Å². The van der Waals surface area contributed by atoms with E-state index in [9.17, 15) is 13.5 Å². The SMILES string of the molecule is O=S(=O)(O)C[C@H](O)CNC(CO)(CO)CO. The largest absolute Gasteiger partial charge is 0.394 e. The van der Waals surface area contributed by atoms with Gasteiger partial charge in [0.1, 0.15) is 5.75 Å². The predicted molar refractivity (Wildman–Crippen MR) is 54.4 cm³/mol. The number of aliphatic hydroxyl groups is 4. The van der Waals surface area contributed by atoms with Gasteiger partial charge in [-0.25, -0.2) is 0 Å². The van der Waals surface area contributed by atoms with Gasteiger partial charge in [0.05, 0.1) is 31.5 Å². The van der Waals surface area contributed by atoms with E-state index in [0.29, 0.717) is 0 Å². The van der Waals surface area contributed by atoms with E-state index in [-0.39, 0.29) is 6.54 Å². The van der Waals surface area contributed by atoms with E-state index in [1.165, 1.54) is 0 Å². The van der Waals surface area contributed by atoms with Crippen molar-refractivity contribution >= 4 is 10.1 Å². The molecule has 16 heavy (non-hydrogen) atoms. The maximum Gasteiger partial charge on any atom is 0.267 e. The minimum atomic E-state index is -4.29. The highest BCUT2D eigenvalue weighted by molar-refractivity contribution is 7.85. The second-order valence-electron chi connectivity index (χ2n) is 3.54. The summed E-state index contributed by atoms with van der Waals surface area (Å²) in [5, 5.41) is 38.3. The van der Waals surface area contributed by atoms with Crippen molar-refractivity contribution in [1.29, 1.82) is 0 Å². The fraction of sp³-hybridized carbons (Fsp3) is 1.00. The topological polar surface area (TPSA) is 147 Å². The second-order valence-corrected chi connectivity index (χ2v) is 5.04. The molecule has 1 atom stereocenters. The molecule has 0 aromatic carbocycles. The molecule has 0 aromatic rings. The van der Waals surface area contributed by atoms with Crippen LogP contribution in [0, 0.1) is 0 Å². The number of hydrogen-bond donors (Lipinski definition) is 6. The van der Waals surface area contributed by atoms with Crippen LogP contribution in [0.15, 0.2) is 0 Å². The third-order valence-electron chi connectivity index (χ3n) is 2.02. The third kappa shape index (κ3) is 5.70. The molecule has 0 heterocycles. The highest BCUT2D eigenvalue weighted by Crippen LogP contribution is 2.02. The summed E-state index contributed by atoms with van der Waals surface area (Å²) in [4.78, 5) is 0. The summed E-state index contributed by atoms with van der Waals surface area (Å²) < 4.78 is 29.2. The molecule has 6 N–H and O–H groups in total. The highest BCUT2D eigenvalue weighted by atomic mass is 32.2. The van der Waals surface area contributed by atoms with Gasteiger partial charge in [-0.2, -0.15) is 8.42 Å². The molecule has 0 rings (SSSR count). The van der Waals surface area contributed by atoms with E-state index in [0.717, 1.165) is 0 Å². The van der Waals surface area contributed by atoms with Crippen LogP contribution < -0.4 is 5.32 Å². The van der Waals surface area contributed by atoms with Crippen molar-refractivity contribution in [2.45, 2.75) is 11.6 Å². The fourth-order valence-electron chi connectivity index (χ4n) is 0.954. The van der Waals surface area contributed by atoms with Gasteiger partial charge in [0, 0.05) is 6.54 Å². The Kier molecular flexibility index (Phi) is 6.33. The smallest absolute Gasteiger partial charge is 0.267 e. The Morgan fingerprint density at radius 1 is 1.12 bits per heavy atom. The van der Waals surface area contributed by atoms with E-state index < -0.39 is 47.3 Å². The Morgan fingerprint density at radius 2 is 1.56 bits per heavy atom. The van der Waals surface area contributed by atoms with Crippen LogP contribution >= 0.6 is 0 Å². The quantitative estimate of drug-likeness (QED) is 0.246. The molecule has 0 aliphatic rings. The zero-order valence-electron chi connectivity index (χ0n) is 8.57. The number of β-amino-alcohol motifs (C(OH)–C–C–N with tert-alkyl or cyclic N) is 1. The molecule has 0 unspecified atom stereocenters. The van der Waals surface area contributed by atoms with Gasteiger partial charge in [-0.1, -0.05) is 0 Å². The number of nitrogens with one attached hydrogen (secondary N) is 1. The Labute approximate surface area is 93.3 Å². The maximum atomic E-state index is 10.4. The summed E-state index contributed by atoms with van der Waals surface area (Å²) in [5.74, 6) is -0.863. The molecule has 0 spiro atoms. The minimum absolute atomic E-state index is 0.304. The molecule has 0 radical (unpaired) electrons. The lowest BCUT2D eigenvalue weighted by molar-refractivity contribution is 0.0342. The van der Waals surface area contributed by atoms with Gasteiger partial charge < -0.3 is 25.7 Å². The van der Waals surface area contributed by atoms with E-state index in [4.69, 9.17) is 19.9 Å². The predicted octanol–water partition coefficient (Wildman–Crippen LogP) is -3.46. The van der Waals surface area contributed by atoms with Gasteiger partial charge in [-0.15, -0.1) is 0 Å². The molecule has 98 valence electrons. The lowest BCUT2D eigenvalue weighted by Crippen LogP contribution is -2.57. The standard InChI is InChI=1S/C7H17NO7S/c9-3-7(4-10,5-11)8-1-6(12)2-16(13,14)15/h6,8-12H,1-5H2,(H,13,14,15)/t6-/m1/s1. The van der Waals surface area contributed by atoms with Crippen molar-refractivity contribution in [2.75, 3.05) is 32.1 Å². The van der Waals surface area contributed by atoms with Crippen molar-refractivity contribution in [3.05, 3.63) is 0 Å². The van der Waals surface area contributed by atoms with Gasteiger partial charge in [0.2, 0.25) is 0 Å². The lowest BCUT2D eigenvalue weighted by atomic mass is 10.0. The summed E-state index contributed by atoms with van der Waals surface area (Å²) in [5.41, 5.74) is -1.39. The molecule has 0 fully saturated rings. The van der Waals surface area contributed by atoms with Crippen LogP contribution in [0.25, 0.3) is 0 Å². The first-order valence-corrected chi connectivity index (χ1v) is 6.10. The molecule has 8 nitrogen and oxygen atoms in total. The zero-order valence-corrected chi connectivity index (χ0v) is 9.39. The van der Waals surface area contributed by atoms with Gasteiger partial charge in [0.15, 0.2) is 0 Å². The molecule has 0 aliphatic carbocycles. The lowest BCUT2D eigenvalue weighted by Gasteiger charge is -2.29. The molecule has 0 amide bonds. The van der Waals surface area contributed by atoms with Gasteiger partial charge in [-0.05, 0) is 0 Å². The molecule has 9 heteroatoms. The molecule has 0 aliphatic heterocycles. The molecular weight excluding hydrogens is 242 g/mol. The van der Waals surface area contributed by atoms with Crippen LogP contribution in [-0.4, -0.2) is 77.2 Å². The molecule has 0 saturated heterocycles. The number of rotatable bonds is 8. The average Bonchev–Trinajstić information content (AvgIpc) is 2.18. The van der Waals surface area contributed by atoms with Crippen molar-refractivity contribution in [3.63, 3.8) is 0 Å². The monoisotopic (exact) mass is 259 g/mol. The van der Waals surface area contributed by atoms with Crippen molar-refractivity contribution in [1.82, 2.24) is 5.32 Å². The van der Waals surface area contributed by atoms with Crippen molar-refractivity contribution < 1.29 is 33.4 Å². The Balaban J connectivity index is 4.21. The first-order valence-electron chi connectivity index (χ1n) is 4.49. The zero-order chi connectivity index (χ0) is 12.8. The Morgan fingerprint density at radius 3 is 1.88 bits per heavy atom. The van der Waals surface area contributed by atoms with Crippen LogP contribution in [0.2, 0.25) is 0 Å². The van der Waals surface area contributed by atoms with Crippen LogP contribution in [0.5, 0.6) is 0 Å².